The van der Waals surface area contributed by atoms with E-state index in [1.807, 2.05) is 6.92 Å². The van der Waals surface area contributed by atoms with Gasteiger partial charge < -0.3 is 5.32 Å². The topological polar surface area (TPSA) is 24.5 Å². The molecule has 2 unspecified atom stereocenters. The first-order valence-corrected chi connectivity index (χ1v) is 4.52. The van der Waals surface area contributed by atoms with Crippen LogP contribution in [0.2, 0.25) is 0 Å². The maximum atomic E-state index is 5.46. The van der Waals surface area contributed by atoms with Crippen molar-refractivity contribution < 1.29 is 4.84 Å². The molecule has 1 N–H and O–H groups in total. The van der Waals surface area contributed by atoms with Gasteiger partial charge in [0.1, 0.15) is 0 Å². The standard InChI is InChI=1S/C8H16N2O/c1-2-11-10-5-7-3-4-8(6-10)9-7/h7-9H,2-6H2,1H3. The fourth-order valence-corrected chi connectivity index (χ4v) is 2.04. The normalized spacial score (nSPS) is 37.9. The third-order valence-electron chi connectivity index (χ3n) is 2.49. The van der Waals surface area contributed by atoms with Crippen molar-refractivity contribution in [2.75, 3.05) is 19.7 Å². The zero-order valence-corrected chi connectivity index (χ0v) is 7.05. The van der Waals surface area contributed by atoms with Crippen molar-refractivity contribution >= 4 is 0 Å². The van der Waals surface area contributed by atoms with Crippen molar-refractivity contribution in [2.45, 2.75) is 31.8 Å². The van der Waals surface area contributed by atoms with Crippen molar-refractivity contribution in [3.05, 3.63) is 0 Å². The molecule has 2 fully saturated rings. The molecule has 0 aromatic heterocycles. The molecule has 64 valence electrons. The van der Waals surface area contributed by atoms with Gasteiger partial charge in [-0.15, -0.1) is 0 Å². The molecule has 2 rings (SSSR count). The number of piperazine rings is 1. The summed E-state index contributed by atoms with van der Waals surface area (Å²) in [6.07, 6.45) is 2.66. The third kappa shape index (κ3) is 1.55. The SMILES string of the molecule is CCON1CC2CCC(C1)N2. The van der Waals surface area contributed by atoms with Crippen LogP contribution in [0.25, 0.3) is 0 Å². The summed E-state index contributed by atoms with van der Waals surface area (Å²) < 4.78 is 0. The van der Waals surface area contributed by atoms with Crippen LogP contribution in [0.5, 0.6) is 0 Å². The Balaban J connectivity index is 1.87. The van der Waals surface area contributed by atoms with E-state index in [-0.39, 0.29) is 0 Å². The van der Waals surface area contributed by atoms with Crippen LogP contribution < -0.4 is 5.32 Å². The molecule has 0 aromatic carbocycles. The average Bonchev–Trinajstić information content (AvgIpc) is 2.32. The third-order valence-corrected chi connectivity index (χ3v) is 2.49. The van der Waals surface area contributed by atoms with Gasteiger partial charge in [0, 0.05) is 25.2 Å². The number of nitrogens with zero attached hydrogens (tertiary/aromatic N) is 1. The predicted molar refractivity (Wildman–Crippen MR) is 43.1 cm³/mol. The van der Waals surface area contributed by atoms with Crippen LogP contribution in [0, 0.1) is 0 Å². The van der Waals surface area contributed by atoms with E-state index in [4.69, 9.17) is 4.84 Å². The quantitative estimate of drug-likeness (QED) is 0.625. The summed E-state index contributed by atoms with van der Waals surface area (Å²) in [5.74, 6) is 0. The highest BCUT2D eigenvalue weighted by Crippen LogP contribution is 2.19. The minimum Gasteiger partial charge on any atom is -0.308 e. The molecule has 2 aliphatic rings. The summed E-state index contributed by atoms with van der Waals surface area (Å²) in [6, 6.07) is 1.39. The first kappa shape index (κ1) is 7.53. The molecule has 11 heavy (non-hydrogen) atoms. The summed E-state index contributed by atoms with van der Waals surface area (Å²) >= 11 is 0. The van der Waals surface area contributed by atoms with E-state index in [2.05, 4.69) is 10.4 Å². The van der Waals surface area contributed by atoms with Crippen molar-refractivity contribution in [1.82, 2.24) is 10.4 Å². The van der Waals surface area contributed by atoms with Crippen LogP contribution in [0.3, 0.4) is 0 Å². The molecule has 2 heterocycles. The second-order valence-electron chi connectivity index (χ2n) is 3.40. The van der Waals surface area contributed by atoms with Crippen LogP contribution in [-0.4, -0.2) is 36.8 Å². The van der Waals surface area contributed by atoms with Crippen LogP contribution >= 0.6 is 0 Å². The highest BCUT2D eigenvalue weighted by atomic mass is 16.7. The van der Waals surface area contributed by atoms with Crippen molar-refractivity contribution in [3.8, 4) is 0 Å². The van der Waals surface area contributed by atoms with E-state index < -0.39 is 0 Å². The van der Waals surface area contributed by atoms with E-state index in [1.165, 1.54) is 12.8 Å². The van der Waals surface area contributed by atoms with Gasteiger partial charge in [0.2, 0.25) is 0 Å². The molecule has 0 amide bonds. The van der Waals surface area contributed by atoms with Gasteiger partial charge in [-0.25, -0.2) is 0 Å². The smallest absolute Gasteiger partial charge is 0.0656 e. The molecule has 0 saturated carbocycles. The Bertz CT molecular complexity index is 128. The number of hydrogen-bond acceptors (Lipinski definition) is 3. The Labute approximate surface area is 67.7 Å². The summed E-state index contributed by atoms with van der Waals surface area (Å²) in [5, 5.41) is 5.67. The molecule has 2 atom stereocenters. The summed E-state index contributed by atoms with van der Waals surface area (Å²) in [4.78, 5) is 5.46. The fraction of sp³-hybridized carbons (Fsp3) is 1.00. The predicted octanol–water partition coefficient (Wildman–Crippen LogP) is 0.374. The molecule has 2 bridgehead atoms. The number of fused-ring (bicyclic) bond motifs is 2. The lowest BCUT2D eigenvalue weighted by atomic mass is 10.2. The van der Waals surface area contributed by atoms with Gasteiger partial charge in [-0.1, -0.05) is 0 Å². The second kappa shape index (κ2) is 3.09. The Morgan fingerprint density at radius 2 is 2.00 bits per heavy atom. The van der Waals surface area contributed by atoms with Gasteiger partial charge in [-0.3, -0.25) is 4.84 Å². The highest BCUT2D eigenvalue weighted by molar-refractivity contribution is 4.90. The van der Waals surface area contributed by atoms with Crippen LogP contribution in [0.1, 0.15) is 19.8 Å². The monoisotopic (exact) mass is 156 g/mol. The molecule has 3 heteroatoms. The molecular formula is C8H16N2O. The Hall–Kier alpha value is -0.120. The molecule has 2 saturated heterocycles. The van der Waals surface area contributed by atoms with Gasteiger partial charge in [0.05, 0.1) is 6.61 Å². The summed E-state index contributed by atoms with van der Waals surface area (Å²) in [6.45, 7) is 5.00. The lowest BCUT2D eigenvalue weighted by Gasteiger charge is -2.31. The first-order valence-electron chi connectivity index (χ1n) is 4.52. The lowest BCUT2D eigenvalue weighted by Crippen LogP contribution is -2.50. The maximum Gasteiger partial charge on any atom is 0.0656 e. The van der Waals surface area contributed by atoms with E-state index in [9.17, 15) is 0 Å². The average molecular weight is 156 g/mol. The van der Waals surface area contributed by atoms with Gasteiger partial charge >= 0.3 is 0 Å². The molecule has 0 spiro atoms. The minimum atomic E-state index is 0.695. The zero-order valence-electron chi connectivity index (χ0n) is 7.05. The van der Waals surface area contributed by atoms with E-state index in [0.717, 1.165) is 19.7 Å². The molecule has 0 aromatic rings. The second-order valence-corrected chi connectivity index (χ2v) is 3.40. The number of hydroxylamine groups is 2. The largest absolute Gasteiger partial charge is 0.308 e. The lowest BCUT2D eigenvalue weighted by molar-refractivity contribution is -0.168. The highest BCUT2D eigenvalue weighted by Gasteiger charge is 2.32. The van der Waals surface area contributed by atoms with Crippen molar-refractivity contribution in [3.63, 3.8) is 0 Å². The number of rotatable bonds is 2. The molecule has 2 aliphatic heterocycles. The van der Waals surface area contributed by atoms with Crippen molar-refractivity contribution in [1.29, 1.82) is 0 Å². The first-order chi connectivity index (χ1) is 5.38. The van der Waals surface area contributed by atoms with E-state index in [1.54, 1.807) is 0 Å². The van der Waals surface area contributed by atoms with Crippen LogP contribution in [0.15, 0.2) is 0 Å². The van der Waals surface area contributed by atoms with E-state index in [0.29, 0.717) is 12.1 Å². The summed E-state index contributed by atoms with van der Waals surface area (Å²) in [7, 11) is 0. The Morgan fingerprint density at radius 1 is 1.36 bits per heavy atom. The number of hydrogen-bond donors (Lipinski definition) is 1. The Kier molecular flexibility index (Phi) is 2.11. The zero-order chi connectivity index (χ0) is 7.68. The molecule has 3 nitrogen and oxygen atoms in total. The van der Waals surface area contributed by atoms with Gasteiger partial charge in [-0.05, 0) is 19.8 Å². The van der Waals surface area contributed by atoms with Gasteiger partial charge in [-0.2, -0.15) is 5.06 Å². The number of nitrogens with one attached hydrogen (secondary N) is 1. The van der Waals surface area contributed by atoms with Crippen molar-refractivity contribution in [2.24, 2.45) is 0 Å². The van der Waals surface area contributed by atoms with Crippen LogP contribution in [-0.2, 0) is 4.84 Å². The molecular weight excluding hydrogens is 140 g/mol. The minimum absolute atomic E-state index is 0.695. The van der Waals surface area contributed by atoms with Crippen LogP contribution in [0.4, 0.5) is 0 Å². The Morgan fingerprint density at radius 3 is 2.55 bits per heavy atom. The van der Waals surface area contributed by atoms with E-state index >= 15 is 0 Å². The van der Waals surface area contributed by atoms with Gasteiger partial charge in [0.25, 0.3) is 0 Å². The fourth-order valence-electron chi connectivity index (χ4n) is 2.04. The molecule has 0 aliphatic carbocycles. The summed E-state index contributed by atoms with van der Waals surface area (Å²) in [5.41, 5.74) is 0. The molecule has 0 radical (unpaired) electrons. The van der Waals surface area contributed by atoms with Gasteiger partial charge in [0.15, 0.2) is 0 Å². The maximum absolute atomic E-state index is 5.46.